The number of oxazole rings is 1. The first kappa shape index (κ1) is 20.2. The first-order valence-corrected chi connectivity index (χ1v) is 9.17. The molecule has 0 saturated carbocycles. The Morgan fingerprint density at radius 2 is 2.08 bits per heavy atom. The van der Waals surface area contributed by atoms with Crippen molar-refractivity contribution < 1.29 is 9.21 Å². The van der Waals surface area contributed by atoms with Crippen LogP contribution in [0.5, 0.6) is 0 Å². The lowest BCUT2D eigenvalue weighted by atomic mass is 9.94. The van der Waals surface area contributed by atoms with Gasteiger partial charge in [0.15, 0.2) is 5.96 Å². The Morgan fingerprint density at radius 3 is 2.62 bits per heavy atom. The number of amides is 1. The predicted octanol–water partition coefficient (Wildman–Crippen LogP) is 0.848. The topological polar surface area (TPSA) is 94.8 Å². The molecule has 2 heterocycles. The molecule has 146 valence electrons. The van der Waals surface area contributed by atoms with Crippen molar-refractivity contribution in [1.82, 2.24) is 25.8 Å². The van der Waals surface area contributed by atoms with Gasteiger partial charge in [0.1, 0.15) is 5.76 Å². The van der Waals surface area contributed by atoms with E-state index >= 15 is 0 Å². The molecular weight excluding hydrogens is 332 g/mol. The third-order valence-electron chi connectivity index (χ3n) is 4.50. The minimum absolute atomic E-state index is 0.0478. The fourth-order valence-electron chi connectivity index (χ4n) is 2.80. The zero-order valence-corrected chi connectivity index (χ0v) is 16.6. The molecule has 8 nitrogen and oxygen atoms in total. The fourth-order valence-corrected chi connectivity index (χ4v) is 2.80. The van der Waals surface area contributed by atoms with E-state index in [2.05, 4.69) is 51.6 Å². The molecule has 2 rings (SSSR count). The Bertz CT molecular complexity index is 611. The Kier molecular flexibility index (Phi) is 7.02. The van der Waals surface area contributed by atoms with Crippen LogP contribution in [0.15, 0.2) is 15.6 Å². The number of aliphatic imine (C=N–C) groups is 1. The summed E-state index contributed by atoms with van der Waals surface area (Å²) in [6, 6.07) is 0.344. The van der Waals surface area contributed by atoms with Crippen LogP contribution in [0.1, 0.15) is 45.3 Å². The number of hydrogen-bond donors (Lipinski definition) is 3. The number of hydrogen-bond acceptors (Lipinski definition) is 5. The summed E-state index contributed by atoms with van der Waals surface area (Å²) in [6.45, 7) is 9.06. The van der Waals surface area contributed by atoms with Gasteiger partial charge in [-0.2, -0.15) is 0 Å². The number of aromatic nitrogens is 1. The molecule has 1 aromatic heterocycles. The molecule has 0 spiro atoms. The van der Waals surface area contributed by atoms with Gasteiger partial charge in [-0.05, 0) is 12.8 Å². The number of likely N-dealkylation sites (tertiary alicyclic amines) is 1. The van der Waals surface area contributed by atoms with E-state index in [1.54, 1.807) is 20.3 Å². The number of likely N-dealkylation sites (N-methyl/N-ethyl adjacent to an activating group) is 1. The van der Waals surface area contributed by atoms with Crippen molar-refractivity contribution in [2.75, 3.05) is 33.7 Å². The van der Waals surface area contributed by atoms with Gasteiger partial charge >= 0.3 is 0 Å². The first-order chi connectivity index (χ1) is 12.3. The van der Waals surface area contributed by atoms with E-state index in [1.165, 1.54) is 0 Å². The maximum atomic E-state index is 11.5. The molecular formula is C18H32N6O2. The van der Waals surface area contributed by atoms with E-state index in [0.29, 0.717) is 25.0 Å². The summed E-state index contributed by atoms with van der Waals surface area (Å²) in [5.41, 5.74) is -0.0478. The minimum Gasteiger partial charge on any atom is -0.443 e. The molecule has 0 aliphatic carbocycles. The van der Waals surface area contributed by atoms with E-state index in [1.807, 2.05) is 0 Å². The lowest BCUT2D eigenvalue weighted by molar-refractivity contribution is -0.122. The molecule has 8 heteroatoms. The first-order valence-electron chi connectivity index (χ1n) is 9.17. The molecule has 26 heavy (non-hydrogen) atoms. The average molecular weight is 364 g/mol. The Morgan fingerprint density at radius 1 is 1.38 bits per heavy atom. The minimum atomic E-state index is -0.0478. The van der Waals surface area contributed by atoms with E-state index in [9.17, 15) is 4.79 Å². The largest absolute Gasteiger partial charge is 0.443 e. The molecule has 0 aromatic carbocycles. The van der Waals surface area contributed by atoms with Crippen molar-refractivity contribution in [1.29, 1.82) is 0 Å². The van der Waals surface area contributed by atoms with Crippen LogP contribution in [0.2, 0.25) is 0 Å². The summed E-state index contributed by atoms with van der Waals surface area (Å²) in [5, 5.41) is 9.37. The predicted molar refractivity (Wildman–Crippen MR) is 102 cm³/mol. The van der Waals surface area contributed by atoms with Crippen LogP contribution in [0, 0.1) is 0 Å². The molecule has 0 atom stereocenters. The molecule has 1 aromatic rings. The van der Waals surface area contributed by atoms with E-state index < -0.39 is 0 Å². The van der Waals surface area contributed by atoms with Crippen molar-refractivity contribution in [3.8, 4) is 0 Å². The summed E-state index contributed by atoms with van der Waals surface area (Å²) in [6.07, 6.45) is 3.74. The highest BCUT2D eigenvalue weighted by Crippen LogP contribution is 2.22. The Balaban J connectivity index is 1.76. The summed E-state index contributed by atoms with van der Waals surface area (Å²) in [4.78, 5) is 22.2. The fraction of sp³-hybridized carbons (Fsp3) is 0.722. The van der Waals surface area contributed by atoms with Crippen molar-refractivity contribution >= 4 is 11.9 Å². The lowest BCUT2D eigenvalue weighted by Crippen LogP contribution is -2.49. The SMILES string of the molecule is CN=C(NCc1ncc(C(C)(C)C)o1)NC1CCN(CC(=O)NC)CC1. The Labute approximate surface area is 155 Å². The second-order valence-corrected chi connectivity index (χ2v) is 7.66. The van der Waals surface area contributed by atoms with Crippen molar-refractivity contribution in [3.05, 3.63) is 17.8 Å². The monoisotopic (exact) mass is 364 g/mol. The maximum Gasteiger partial charge on any atom is 0.233 e. The number of carbonyl (C=O) groups is 1. The smallest absolute Gasteiger partial charge is 0.233 e. The number of nitrogens with zero attached hydrogens (tertiary/aromatic N) is 3. The van der Waals surface area contributed by atoms with Gasteiger partial charge in [-0.3, -0.25) is 14.7 Å². The highest BCUT2D eigenvalue weighted by Gasteiger charge is 2.22. The van der Waals surface area contributed by atoms with Gasteiger partial charge in [-0.15, -0.1) is 0 Å². The van der Waals surface area contributed by atoms with E-state index in [0.717, 1.165) is 37.7 Å². The summed E-state index contributed by atoms with van der Waals surface area (Å²) >= 11 is 0. The molecule has 1 aliphatic heterocycles. The van der Waals surface area contributed by atoms with Crippen LogP contribution in [0.3, 0.4) is 0 Å². The second kappa shape index (κ2) is 9.02. The molecule has 3 N–H and O–H groups in total. The van der Waals surface area contributed by atoms with Gasteiger partial charge in [-0.1, -0.05) is 20.8 Å². The summed E-state index contributed by atoms with van der Waals surface area (Å²) < 4.78 is 5.79. The van der Waals surface area contributed by atoms with E-state index in [4.69, 9.17) is 4.42 Å². The normalized spacial score (nSPS) is 17.2. The van der Waals surface area contributed by atoms with Crippen LogP contribution in [-0.2, 0) is 16.8 Å². The average Bonchev–Trinajstić information content (AvgIpc) is 3.09. The lowest BCUT2D eigenvalue weighted by Gasteiger charge is -2.32. The van der Waals surface area contributed by atoms with Gasteiger partial charge in [0.25, 0.3) is 0 Å². The van der Waals surface area contributed by atoms with Crippen LogP contribution < -0.4 is 16.0 Å². The van der Waals surface area contributed by atoms with Crippen LogP contribution in [0.4, 0.5) is 0 Å². The van der Waals surface area contributed by atoms with Gasteiger partial charge in [0, 0.05) is 38.6 Å². The van der Waals surface area contributed by atoms with Crippen molar-refractivity contribution in [3.63, 3.8) is 0 Å². The number of nitrogens with one attached hydrogen (secondary N) is 3. The zero-order valence-electron chi connectivity index (χ0n) is 16.6. The maximum absolute atomic E-state index is 11.5. The number of piperidine rings is 1. The summed E-state index contributed by atoms with van der Waals surface area (Å²) in [5.74, 6) is 2.33. The molecule has 1 fully saturated rings. The standard InChI is InChI=1S/C18H32N6O2/c1-18(2,3)14-10-21-16(26-14)11-22-17(20-5)23-13-6-8-24(9-7-13)12-15(25)19-4/h10,13H,6-9,11-12H2,1-5H3,(H,19,25)(H2,20,22,23). The molecule has 1 amide bonds. The third-order valence-corrected chi connectivity index (χ3v) is 4.50. The molecule has 0 radical (unpaired) electrons. The van der Waals surface area contributed by atoms with Crippen LogP contribution in [-0.4, -0.2) is 61.5 Å². The number of rotatable bonds is 5. The third kappa shape index (κ3) is 6.01. The number of carbonyl (C=O) groups excluding carboxylic acids is 1. The quantitative estimate of drug-likeness (QED) is 0.530. The number of guanidine groups is 1. The van der Waals surface area contributed by atoms with Crippen LogP contribution in [0.25, 0.3) is 0 Å². The molecule has 0 bridgehead atoms. The van der Waals surface area contributed by atoms with Gasteiger partial charge in [-0.25, -0.2) is 4.98 Å². The molecule has 1 saturated heterocycles. The van der Waals surface area contributed by atoms with Gasteiger partial charge in [0.05, 0.1) is 19.3 Å². The van der Waals surface area contributed by atoms with Crippen LogP contribution >= 0.6 is 0 Å². The second-order valence-electron chi connectivity index (χ2n) is 7.66. The Hall–Kier alpha value is -2.09. The summed E-state index contributed by atoms with van der Waals surface area (Å²) in [7, 11) is 3.43. The van der Waals surface area contributed by atoms with Crippen molar-refractivity contribution in [2.45, 2.75) is 51.6 Å². The van der Waals surface area contributed by atoms with Crippen molar-refractivity contribution in [2.24, 2.45) is 4.99 Å². The van der Waals surface area contributed by atoms with Gasteiger partial charge < -0.3 is 20.4 Å². The molecule has 0 unspecified atom stereocenters. The van der Waals surface area contributed by atoms with E-state index in [-0.39, 0.29) is 11.3 Å². The highest BCUT2D eigenvalue weighted by atomic mass is 16.4. The zero-order chi connectivity index (χ0) is 19.2. The van der Waals surface area contributed by atoms with Gasteiger partial charge in [0.2, 0.25) is 11.8 Å². The molecule has 1 aliphatic rings. The highest BCUT2D eigenvalue weighted by molar-refractivity contribution is 5.80.